The Bertz CT molecular complexity index is 1020. The van der Waals surface area contributed by atoms with Crippen molar-refractivity contribution < 1.29 is 4.79 Å². The summed E-state index contributed by atoms with van der Waals surface area (Å²) in [6.45, 7) is 6.19. The van der Waals surface area contributed by atoms with Crippen molar-refractivity contribution >= 4 is 49.1 Å². The van der Waals surface area contributed by atoms with Gasteiger partial charge in [0.2, 0.25) is 5.91 Å². The van der Waals surface area contributed by atoms with Crippen LogP contribution in [0.5, 0.6) is 0 Å². The number of carbonyl (C=O) groups is 1. The van der Waals surface area contributed by atoms with E-state index in [0.29, 0.717) is 11.9 Å². The highest BCUT2D eigenvalue weighted by atomic mass is 79.9. The van der Waals surface area contributed by atoms with Crippen LogP contribution in [-0.2, 0) is 11.3 Å². The predicted molar refractivity (Wildman–Crippen MR) is 105 cm³/mol. The minimum Gasteiger partial charge on any atom is -0.326 e. The number of nitrogens with zero attached hydrogens (tertiary/aromatic N) is 2. The van der Waals surface area contributed by atoms with Crippen molar-refractivity contribution in [2.75, 3.05) is 5.32 Å². The predicted octanol–water partition coefficient (Wildman–Crippen LogP) is 4.17. The number of nitrogens with one attached hydrogen (secondary N) is 1. The van der Waals surface area contributed by atoms with Crippen molar-refractivity contribution in [3.8, 4) is 0 Å². The lowest BCUT2D eigenvalue weighted by Crippen LogP contribution is -2.23. The molecule has 0 bridgehead atoms. The largest absolute Gasteiger partial charge is 0.326 e. The fourth-order valence-corrected chi connectivity index (χ4v) is 3.83. The standard InChI is InChI=1S/C18H18BrN3O2S/c1-10-8-13(4-5-14(10)19)21-15(23)6-7-22-9-20-17-16(18(22)24)11(2)12(3)25-17/h4-5,8-9H,6-7H2,1-3H3,(H,21,23). The Hall–Kier alpha value is -1.99. The molecule has 3 rings (SSSR count). The van der Waals surface area contributed by atoms with Gasteiger partial charge in [-0.2, -0.15) is 0 Å². The van der Waals surface area contributed by atoms with Crippen LogP contribution in [0.15, 0.2) is 33.8 Å². The number of aromatic nitrogens is 2. The number of hydrogen-bond acceptors (Lipinski definition) is 4. The summed E-state index contributed by atoms with van der Waals surface area (Å²) in [6, 6.07) is 5.64. The van der Waals surface area contributed by atoms with Crippen molar-refractivity contribution in [1.29, 1.82) is 0 Å². The monoisotopic (exact) mass is 419 g/mol. The minimum absolute atomic E-state index is 0.0841. The highest BCUT2D eigenvalue weighted by Gasteiger charge is 2.13. The highest BCUT2D eigenvalue weighted by molar-refractivity contribution is 9.10. The van der Waals surface area contributed by atoms with Gasteiger partial charge in [-0.3, -0.25) is 14.2 Å². The molecule has 5 nitrogen and oxygen atoms in total. The van der Waals surface area contributed by atoms with Gasteiger partial charge < -0.3 is 5.32 Å². The first-order chi connectivity index (χ1) is 11.9. The number of aryl methyl sites for hydroxylation is 4. The molecule has 0 atom stereocenters. The van der Waals surface area contributed by atoms with Crippen LogP contribution in [0.2, 0.25) is 0 Å². The molecule has 130 valence electrons. The van der Waals surface area contributed by atoms with E-state index in [1.807, 2.05) is 39.0 Å². The molecule has 0 radical (unpaired) electrons. The van der Waals surface area contributed by atoms with Gasteiger partial charge in [0, 0.05) is 28.0 Å². The number of amides is 1. The fourth-order valence-electron chi connectivity index (χ4n) is 2.60. The summed E-state index contributed by atoms with van der Waals surface area (Å²) in [5.41, 5.74) is 2.68. The van der Waals surface area contributed by atoms with Crippen LogP contribution in [0.25, 0.3) is 10.2 Å². The molecular formula is C18H18BrN3O2S. The lowest BCUT2D eigenvalue weighted by molar-refractivity contribution is -0.116. The van der Waals surface area contributed by atoms with Gasteiger partial charge in [-0.25, -0.2) is 4.98 Å². The summed E-state index contributed by atoms with van der Waals surface area (Å²) in [7, 11) is 0. The van der Waals surface area contributed by atoms with Crippen LogP contribution in [0.4, 0.5) is 5.69 Å². The maximum Gasteiger partial charge on any atom is 0.262 e. The SMILES string of the molecule is Cc1cc(NC(=O)CCn2cnc3sc(C)c(C)c3c2=O)ccc1Br. The smallest absolute Gasteiger partial charge is 0.262 e. The Morgan fingerprint density at radius 3 is 2.80 bits per heavy atom. The minimum atomic E-state index is -0.132. The maximum atomic E-state index is 12.6. The van der Waals surface area contributed by atoms with Crippen LogP contribution in [0.1, 0.15) is 22.4 Å². The van der Waals surface area contributed by atoms with E-state index in [1.165, 1.54) is 22.2 Å². The van der Waals surface area contributed by atoms with Crippen LogP contribution in [0, 0.1) is 20.8 Å². The van der Waals surface area contributed by atoms with Gasteiger partial charge in [0.05, 0.1) is 11.7 Å². The topological polar surface area (TPSA) is 64.0 Å². The summed E-state index contributed by atoms with van der Waals surface area (Å²) in [5, 5.41) is 3.52. The van der Waals surface area contributed by atoms with Crippen molar-refractivity contribution in [3.63, 3.8) is 0 Å². The number of anilines is 1. The van der Waals surface area contributed by atoms with E-state index in [-0.39, 0.29) is 17.9 Å². The van der Waals surface area contributed by atoms with Gasteiger partial charge in [-0.15, -0.1) is 11.3 Å². The van der Waals surface area contributed by atoms with Gasteiger partial charge >= 0.3 is 0 Å². The van der Waals surface area contributed by atoms with Crippen LogP contribution >= 0.6 is 27.3 Å². The molecule has 0 aliphatic heterocycles. The third-order valence-corrected chi connectivity index (χ3v) is 6.18. The van der Waals surface area contributed by atoms with E-state index in [2.05, 4.69) is 26.2 Å². The average molecular weight is 420 g/mol. The molecule has 0 aliphatic rings. The Morgan fingerprint density at radius 1 is 1.32 bits per heavy atom. The lowest BCUT2D eigenvalue weighted by Gasteiger charge is -2.08. The Morgan fingerprint density at radius 2 is 2.08 bits per heavy atom. The molecule has 0 fully saturated rings. The van der Waals surface area contributed by atoms with E-state index in [1.54, 1.807) is 0 Å². The molecule has 0 saturated carbocycles. The molecule has 0 unspecified atom stereocenters. The summed E-state index contributed by atoms with van der Waals surface area (Å²) < 4.78 is 2.51. The van der Waals surface area contributed by atoms with Crippen molar-refractivity contribution in [1.82, 2.24) is 9.55 Å². The first-order valence-corrected chi connectivity index (χ1v) is 9.49. The fraction of sp³-hybridized carbons (Fsp3) is 0.278. The number of hydrogen-bond donors (Lipinski definition) is 1. The number of fused-ring (bicyclic) bond motifs is 1. The lowest BCUT2D eigenvalue weighted by atomic mass is 10.2. The zero-order valence-corrected chi connectivity index (χ0v) is 16.6. The van der Waals surface area contributed by atoms with E-state index in [9.17, 15) is 9.59 Å². The molecule has 2 aromatic heterocycles. The molecule has 3 aromatic rings. The Balaban J connectivity index is 1.73. The van der Waals surface area contributed by atoms with Gasteiger partial charge in [0.1, 0.15) is 4.83 Å². The second kappa shape index (κ2) is 7.09. The quantitative estimate of drug-likeness (QED) is 0.689. The molecule has 2 heterocycles. The Kier molecular flexibility index (Phi) is 5.06. The molecular weight excluding hydrogens is 402 g/mol. The van der Waals surface area contributed by atoms with Crippen molar-refractivity contribution in [2.45, 2.75) is 33.7 Å². The first kappa shape index (κ1) is 17.8. The summed E-state index contributed by atoms with van der Waals surface area (Å²) in [4.78, 5) is 31.0. The molecule has 7 heteroatoms. The van der Waals surface area contributed by atoms with E-state index in [4.69, 9.17) is 0 Å². The third-order valence-electron chi connectivity index (χ3n) is 4.18. The maximum absolute atomic E-state index is 12.6. The molecule has 0 spiro atoms. The van der Waals surface area contributed by atoms with Gasteiger partial charge in [0.25, 0.3) is 5.56 Å². The summed E-state index contributed by atoms with van der Waals surface area (Å²) in [6.07, 6.45) is 1.74. The normalized spacial score (nSPS) is 11.0. The van der Waals surface area contributed by atoms with Crippen molar-refractivity contribution in [2.24, 2.45) is 0 Å². The van der Waals surface area contributed by atoms with Crippen LogP contribution in [0.3, 0.4) is 0 Å². The molecule has 0 saturated heterocycles. The summed E-state index contributed by atoms with van der Waals surface area (Å²) in [5.74, 6) is -0.132. The number of benzene rings is 1. The first-order valence-electron chi connectivity index (χ1n) is 7.88. The third kappa shape index (κ3) is 3.67. The van der Waals surface area contributed by atoms with Crippen LogP contribution in [-0.4, -0.2) is 15.5 Å². The Labute approximate surface area is 157 Å². The molecule has 25 heavy (non-hydrogen) atoms. The highest BCUT2D eigenvalue weighted by Crippen LogP contribution is 2.25. The van der Waals surface area contributed by atoms with Gasteiger partial charge in [-0.1, -0.05) is 15.9 Å². The number of carbonyl (C=O) groups excluding carboxylic acids is 1. The van der Waals surface area contributed by atoms with Crippen LogP contribution < -0.4 is 10.9 Å². The zero-order valence-electron chi connectivity index (χ0n) is 14.2. The molecule has 1 aromatic carbocycles. The summed E-state index contributed by atoms with van der Waals surface area (Å²) >= 11 is 4.96. The molecule has 1 amide bonds. The molecule has 0 aliphatic carbocycles. The van der Waals surface area contributed by atoms with Gasteiger partial charge in [-0.05, 0) is 50.1 Å². The number of rotatable bonds is 4. The second-order valence-electron chi connectivity index (χ2n) is 5.97. The van der Waals surface area contributed by atoms with Crippen molar-refractivity contribution in [3.05, 3.63) is 55.4 Å². The number of halogens is 1. The number of thiophene rings is 1. The van der Waals surface area contributed by atoms with E-state index < -0.39 is 0 Å². The second-order valence-corrected chi connectivity index (χ2v) is 8.03. The van der Waals surface area contributed by atoms with E-state index in [0.717, 1.165) is 31.0 Å². The molecule has 1 N–H and O–H groups in total. The van der Waals surface area contributed by atoms with E-state index >= 15 is 0 Å². The average Bonchev–Trinajstić information content (AvgIpc) is 2.86. The zero-order chi connectivity index (χ0) is 18.1. The van der Waals surface area contributed by atoms with Gasteiger partial charge in [0.15, 0.2) is 0 Å².